The summed E-state index contributed by atoms with van der Waals surface area (Å²) >= 11 is 5.63. The van der Waals surface area contributed by atoms with Crippen LogP contribution in [0.3, 0.4) is 0 Å². The van der Waals surface area contributed by atoms with Gasteiger partial charge in [0.1, 0.15) is 12.4 Å². The number of carbonyl (C=O) groups is 1. The molecule has 0 aromatic heterocycles. The topological polar surface area (TPSA) is 58.6 Å². The molecular weight excluding hydrogens is 285 g/mol. The summed E-state index contributed by atoms with van der Waals surface area (Å²) in [5.41, 5.74) is 0.651. The van der Waals surface area contributed by atoms with E-state index in [4.69, 9.17) is 16.3 Å². The molecule has 0 spiro atoms. The maximum absolute atomic E-state index is 13.5. The van der Waals surface area contributed by atoms with Crippen LogP contribution in [0.25, 0.3) is 0 Å². The maximum Gasteiger partial charge on any atom is 0.412 e. The number of benzene rings is 2. The van der Waals surface area contributed by atoms with Gasteiger partial charge in [0, 0.05) is 6.07 Å². The highest BCUT2D eigenvalue weighted by Gasteiger charge is 2.11. The molecule has 2 aromatic rings. The molecule has 0 bridgehead atoms. The van der Waals surface area contributed by atoms with E-state index in [-0.39, 0.29) is 17.3 Å². The van der Waals surface area contributed by atoms with E-state index in [2.05, 4.69) is 5.32 Å². The molecule has 0 aliphatic rings. The molecule has 0 radical (unpaired) electrons. The molecule has 2 aromatic carbocycles. The number of carbonyl (C=O) groups excluding carboxylic acids is 1. The molecule has 0 aliphatic carbocycles. The quantitative estimate of drug-likeness (QED) is 0.843. The fourth-order valence-electron chi connectivity index (χ4n) is 1.50. The predicted molar refractivity (Wildman–Crippen MR) is 73.3 cm³/mol. The van der Waals surface area contributed by atoms with Crippen LogP contribution < -0.4 is 5.32 Å². The van der Waals surface area contributed by atoms with Crippen molar-refractivity contribution in [1.82, 2.24) is 0 Å². The third kappa shape index (κ3) is 3.61. The second-order valence-electron chi connectivity index (χ2n) is 3.97. The lowest BCUT2D eigenvalue weighted by molar-refractivity contribution is 0.155. The number of nitrogens with one attached hydrogen (secondary N) is 1. The maximum atomic E-state index is 13.5. The van der Waals surface area contributed by atoms with E-state index in [0.29, 0.717) is 0 Å². The van der Waals surface area contributed by atoms with Gasteiger partial charge in [-0.05, 0) is 11.6 Å². The first kappa shape index (κ1) is 14.1. The first-order valence-electron chi connectivity index (χ1n) is 5.72. The van der Waals surface area contributed by atoms with Gasteiger partial charge in [0.2, 0.25) is 0 Å². The molecule has 2 N–H and O–H groups in total. The number of hydrogen-bond acceptors (Lipinski definition) is 3. The van der Waals surface area contributed by atoms with Crippen molar-refractivity contribution < 1.29 is 19.0 Å². The average molecular weight is 296 g/mol. The van der Waals surface area contributed by atoms with Crippen LogP contribution in [0, 0.1) is 5.82 Å². The van der Waals surface area contributed by atoms with Crippen LogP contribution in [0.15, 0.2) is 42.5 Å². The Bertz CT molecular complexity index is 619. The Morgan fingerprint density at radius 1 is 1.30 bits per heavy atom. The van der Waals surface area contributed by atoms with Crippen molar-refractivity contribution in [3.63, 3.8) is 0 Å². The van der Waals surface area contributed by atoms with Crippen LogP contribution in [0.4, 0.5) is 14.9 Å². The number of halogens is 2. The first-order chi connectivity index (χ1) is 9.56. The highest BCUT2D eigenvalue weighted by atomic mass is 35.5. The molecule has 0 atom stereocenters. The summed E-state index contributed by atoms with van der Waals surface area (Å²) in [6.45, 7) is 0.0696. The lowest BCUT2D eigenvalue weighted by Gasteiger charge is -2.09. The minimum absolute atomic E-state index is 0.0650. The summed E-state index contributed by atoms with van der Waals surface area (Å²) in [5, 5.41) is 11.3. The van der Waals surface area contributed by atoms with E-state index in [1.807, 2.05) is 18.2 Å². The van der Waals surface area contributed by atoms with Gasteiger partial charge >= 0.3 is 6.09 Å². The van der Waals surface area contributed by atoms with Gasteiger partial charge in [0.15, 0.2) is 5.82 Å². The van der Waals surface area contributed by atoms with E-state index >= 15 is 0 Å². The number of anilines is 1. The van der Waals surface area contributed by atoms with Gasteiger partial charge < -0.3 is 9.84 Å². The predicted octanol–water partition coefficient (Wildman–Crippen LogP) is 3.93. The number of aromatic hydroxyl groups is 1. The van der Waals surface area contributed by atoms with Crippen molar-refractivity contribution in [3.05, 3.63) is 58.9 Å². The van der Waals surface area contributed by atoms with Gasteiger partial charge in [-0.3, -0.25) is 5.32 Å². The van der Waals surface area contributed by atoms with Crippen molar-refractivity contribution in [2.75, 3.05) is 5.32 Å². The van der Waals surface area contributed by atoms with Crippen LogP contribution in [-0.4, -0.2) is 11.2 Å². The fraction of sp³-hybridized carbons (Fsp3) is 0.0714. The largest absolute Gasteiger partial charge is 0.506 e. The van der Waals surface area contributed by atoms with Crippen LogP contribution in [0.5, 0.6) is 5.75 Å². The van der Waals surface area contributed by atoms with Gasteiger partial charge in [0.05, 0.1) is 10.7 Å². The first-order valence-corrected chi connectivity index (χ1v) is 6.10. The molecule has 0 saturated heterocycles. The van der Waals surface area contributed by atoms with Gasteiger partial charge in [-0.2, -0.15) is 0 Å². The van der Waals surface area contributed by atoms with Gasteiger partial charge in [-0.25, -0.2) is 9.18 Å². The van der Waals surface area contributed by atoms with E-state index < -0.39 is 17.7 Å². The summed E-state index contributed by atoms with van der Waals surface area (Å²) in [5.74, 6) is -1.20. The number of phenolic OH excluding ortho intramolecular Hbond substituents is 1. The molecule has 0 fully saturated rings. The number of amides is 1. The average Bonchev–Trinajstić information content (AvgIpc) is 2.44. The highest BCUT2D eigenvalue weighted by molar-refractivity contribution is 6.32. The van der Waals surface area contributed by atoms with E-state index in [9.17, 15) is 14.3 Å². The molecule has 0 aliphatic heterocycles. The molecule has 0 unspecified atom stereocenters. The van der Waals surface area contributed by atoms with Crippen molar-refractivity contribution in [2.24, 2.45) is 0 Å². The number of rotatable bonds is 3. The second kappa shape index (κ2) is 6.25. The normalized spacial score (nSPS) is 10.1. The molecule has 20 heavy (non-hydrogen) atoms. The van der Waals surface area contributed by atoms with Crippen molar-refractivity contribution in [2.45, 2.75) is 6.61 Å². The molecule has 0 heterocycles. The number of phenols is 1. The van der Waals surface area contributed by atoms with Crippen LogP contribution >= 0.6 is 11.6 Å². The van der Waals surface area contributed by atoms with Gasteiger partial charge in [0.25, 0.3) is 0 Å². The summed E-state index contributed by atoms with van der Waals surface area (Å²) < 4.78 is 18.4. The Hall–Kier alpha value is -2.27. The van der Waals surface area contributed by atoms with E-state index in [0.717, 1.165) is 17.7 Å². The van der Waals surface area contributed by atoms with Gasteiger partial charge in [-0.15, -0.1) is 0 Å². The lowest BCUT2D eigenvalue weighted by atomic mass is 10.2. The highest BCUT2D eigenvalue weighted by Crippen LogP contribution is 2.29. The van der Waals surface area contributed by atoms with Crippen LogP contribution in [0.2, 0.25) is 5.02 Å². The van der Waals surface area contributed by atoms with Crippen molar-refractivity contribution in [1.29, 1.82) is 0 Å². The summed E-state index contributed by atoms with van der Waals surface area (Å²) in [4.78, 5) is 11.5. The molecular formula is C14H11ClFNO3. The van der Waals surface area contributed by atoms with Crippen molar-refractivity contribution >= 4 is 23.4 Å². The summed E-state index contributed by atoms with van der Waals surface area (Å²) in [6, 6.07) is 11.0. The Morgan fingerprint density at radius 3 is 2.70 bits per heavy atom. The third-order valence-electron chi connectivity index (χ3n) is 2.49. The van der Waals surface area contributed by atoms with E-state index in [1.165, 1.54) is 0 Å². The smallest absolute Gasteiger partial charge is 0.412 e. The zero-order valence-corrected chi connectivity index (χ0v) is 11.0. The number of hydrogen-bond donors (Lipinski definition) is 2. The minimum Gasteiger partial charge on any atom is -0.506 e. The molecule has 0 saturated carbocycles. The van der Waals surface area contributed by atoms with E-state index in [1.54, 1.807) is 12.1 Å². The molecule has 4 nitrogen and oxygen atoms in total. The molecule has 6 heteroatoms. The zero-order valence-electron chi connectivity index (χ0n) is 10.3. The molecule has 104 valence electrons. The minimum atomic E-state index is -0.811. The van der Waals surface area contributed by atoms with Gasteiger partial charge in [-0.1, -0.05) is 41.9 Å². The van der Waals surface area contributed by atoms with Crippen molar-refractivity contribution in [3.8, 4) is 5.75 Å². The lowest BCUT2D eigenvalue weighted by Crippen LogP contribution is -2.14. The summed E-state index contributed by atoms with van der Waals surface area (Å²) in [6.07, 6.45) is -0.811. The van der Waals surface area contributed by atoms with Crippen LogP contribution in [-0.2, 0) is 11.3 Å². The Kier molecular flexibility index (Phi) is 4.42. The molecule has 2 rings (SSSR count). The fourth-order valence-corrected chi connectivity index (χ4v) is 1.66. The second-order valence-corrected chi connectivity index (χ2v) is 4.38. The SMILES string of the molecule is O=C(Nc1cc(Cl)c(O)cc1F)OCc1ccccc1. The summed E-state index contributed by atoms with van der Waals surface area (Å²) in [7, 11) is 0. The Balaban J connectivity index is 1.97. The zero-order chi connectivity index (χ0) is 14.5. The monoisotopic (exact) mass is 295 g/mol. The standard InChI is InChI=1S/C14H11ClFNO3/c15-10-6-12(11(16)7-13(10)18)17-14(19)20-8-9-4-2-1-3-5-9/h1-7,18H,8H2,(H,17,19). The molecule has 1 amide bonds. The third-order valence-corrected chi connectivity index (χ3v) is 2.79. The Labute approximate surface area is 119 Å². The Morgan fingerprint density at radius 2 is 2.00 bits per heavy atom. The van der Waals surface area contributed by atoms with Crippen LogP contribution in [0.1, 0.15) is 5.56 Å². The number of ether oxygens (including phenoxy) is 1.